The van der Waals surface area contributed by atoms with Crippen LogP contribution >= 0.6 is 22.9 Å². The van der Waals surface area contributed by atoms with E-state index in [1.165, 1.54) is 36.5 Å². The van der Waals surface area contributed by atoms with Crippen LogP contribution in [0.5, 0.6) is 11.5 Å². The molecule has 4 aromatic rings. The number of ether oxygens (including phenoxy) is 2. The Morgan fingerprint density at radius 2 is 1.91 bits per heavy atom. The highest BCUT2D eigenvalue weighted by Gasteiger charge is 2.46. The Hall–Kier alpha value is -3.43. The molecule has 1 amide bonds. The van der Waals surface area contributed by atoms with Crippen LogP contribution in [0.25, 0.3) is 11.0 Å². The molecule has 0 aliphatic carbocycles. The summed E-state index contributed by atoms with van der Waals surface area (Å²) in [5.41, 5.74) is 0.665. The second kappa shape index (κ2) is 7.61. The van der Waals surface area contributed by atoms with Gasteiger partial charge in [0, 0.05) is 10.6 Å². The first kappa shape index (κ1) is 20.5. The van der Waals surface area contributed by atoms with Crippen LogP contribution in [-0.4, -0.2) is 30.3 Å². The number of aryl methyl sites for hydroxylation is 1. The number of methoxy groups -OCH3 is 2. The molecule has 2 aromatic carbocycles. The number of hydrogen-bond donors (Lipinski definition) is 0. The zero-order valence-electron chi connectivity index (χ0n) is 17.2. The molecule has 3 heterocycles. The predicted molar refractivity (Wildman–Crippen MR) is 120 cm³/mol. The van der Waals surface area contributed by atoms with Crippen molar-refractivity contribution < 1.29 is 18.7 Å². The third-order valence-corrected chi connectivity index (χ3v) is 6.36. The van der Waals surface area contributed by atoms with Gasteiger partial charge < -0.3 is 13.9 Å². The number of carbonyl (C=O) groups excluding carboxylic acids is 1. The molecule has 1 unspecified atom stereocenters. The molecule has 10 heteroatoms. The average molecular weight is 470 g/mol. The number of halogens is 1. The van der Waals surface area contributed by atoms with Crippen molar-refractivity contribution in [1.82, 2.24) is 10.2 Å². The van der Waals surface area contributed by atoms with Gasteiger partial charge in [-0.2, -0.15) is 0 Å². The summed E-state index contributed by atoms with van der Waals surface area (Å²) in [6.45, 7) is 1.79. The largest absolute Gasteiger partial charge is 0.497 e. The number of nitrogens with zero attached hydrogens (tertiary/aromatic N) is 3. The van der Waals surface area contributed by atoms with Gasteiger partial charge in [-0.15, -0.1) is 10.2 Å². The van der Waals surface area contributed by atoms with E-state index < -0.39 is 11.9 Å². The summed E-state index contributed by atoms with van der Waals surface area (Å²) in [6.07, 6.45) is 0. The number of hydrogen-bond acceptors (Lipinski definition) is 8. The summed E-state index contributed by atoms with van der Waals surface area (Å²) >= 11 is 7.37. The van der Waals surface area contributed by atoms with Crippen molar-refractivity contribution >= 4 is 44.9 Å². The highest BCUT2D eigenvalue weighted by Crippen LogP contribution is 2.45. The first-order chi connectivity index (χ1) is 15.4. The van der Waals surface area contributed by atoms with Crippen LogP contribution in [0.15, 0.2) is 45.6 Å². The van der Waals surface area contributed by atoms with Crippen LogP contribution in [0.1, 0.15) is 32.7 Å². The van der Waals surface area contributed by atoms with E-state index >= 15 is 0 Å². The maximum Gasteiger partial charge on any atom is 0.297 e. The molecule has 0 bridgehead atoms. The van der Waals surface area contributed by atoms with E-state index in [4.69, 9.17) is 25.5 Å². The summed E-state index contributed by atoms with van der Waals surface area (Å²) in [7, 11) is 3.06. The van der Waals surface area contributed by atoms with Gasteiger partial charge in [-0.25, -0.2) is 0 Å². The fourth-order valence-electron chi connectivity index (χ4n) is 3.87. The van der Waals surface area contributed by atoms with Crippen LogP contribution in [0, 0.1) is 6.92 Å². The molecule has 0 spiro atoms. The van der Waals surface area contributed by atoms with E-state index in [0.29, 0.717) is 32.2 Å². The molecule has 0 saturated carbocycles. The third-order valence-electron chi connectivity index (χ3n) is 5.29. The summed E-state index contributed by atoms with van der Waals surface area (Å²) in [4.78, 5) is 28.6. The molecule has 162 valence electrons. The molecule has 0 radical (unpaired) electrons. The maximum absolute atomic E-state index is 13.6. The topological polar surface area (TPSA) is 94.8 Å². The molecule has 1 aliphatic heterocycles. The molecule has 5 rings (SSSR count). The van der Waals surface area contributed by atoms with Crippen molar-refractivity contribution in [3.05, 3.63) is 73.5 Å². The number of anilines is 1. The Morgan fingerprint density at radius 3 is 2.59 bits per heavy atom. The van der Waals surface area contributed by atoms with Crippen LogP contribution in [0.3, 0.4) is 0 Å². The van der Waals surface area contributed by atoms with Crippen molar-refractivity contribution in [3.8, 4) is 11.5 Å². The van der Waals surface area contributed by atoms with E-state index in [0.717, 1.165) is 0 Å². The zero-order chi connectivity index (χ0) is 22.6. The predicted octanol–water partition coefficient (Wildman–Crippen LogP) is 4.37. The zero-order valence-corrected chi connectivity index (χ0v) is 18.8. The van der Waals surface area contributed by atoms with Gasteiger partial charge in [-0.1, -0.05) is 22.9 Å². The molecule has 8 nitrogen and oxygen atoms in total. The van der Waals surface area contributed by atoms with E-state index in [2.05, 4.69) is 10.2 Å². The number of carbonyl (C=O) groups is 1. The highest BCUT2D eigenvalue weighted by molar-refractivity contribution is 7.15. The maximum atomic E-state index is 13.6. The van der Waals surface area contributed by atoms with E-state index in [9.17, 15) is 9.59 Å². The fourth-order valence-corrected chi connectivity index (χ4v) is 4.76. The van der Waals surface area contributed by atoms with Crippen LogP contribution in [0.2, 0.25) is 5.02 Å². The lowest BCUT2D eigenvalue weighted by molar-refractivity contribution is 0.0970. The first-order valence-electron chi connectivity index (χ1n) is 9.54. The SMILES string of the molecule is COc1ccc(OC)c(C2c3c(oc4ccc(Cl)cc4c3=O)C(=O)N2c2nnc(C)s2)c1. The molecule has 2 aromatic heterocycles. The van der Waals surface area contributed by atoms with Crippen molar-refractivity contribution in [2.45, 2.75) is 13.0 Å². The Bertz CT molecular complexity index is 1450. The van der Waals surface area contributed by atoms with Crippen LogP contribution < -0.4 is 19.8 Å². The van der Waals surface area contributed by atoms with Gasteiger partial charge in [0.25, 0.3) is 5.91 Å². The quantitative estimate of drug-likeness (QED) is 0.438. The van der Waals surface area contributed by atoms with Crippen molar-refractivity contribution in [2.75, 3.05) is 19.1 Å². The number of aromatic nitrogens is 2. The standard InChI is InChI=1S/C22H16ClN3O5S/c1-10-24-25-22(32-10)26-18(13-9-12(29-2)5-7-15(13)30-3)17-19(27)14-8-11(23)4-6-16(14)31-20(17)21(26)28/h4-9,18H,1-3H3. The number of rotatable bonds is 4. The lowest BCUT2D eigenvalue weighted by Gasteiger charge is -2.24. The minimum atomic E-state index is -0.852. The van der Waals surface area contributed by atoms with Crippen LogP contribution in [-0.2, 0) is 0 Å². The smallest absolute Gasteiger partial charge is 0.297 e. The van der Waals surface area contributed by atoms with Crippen molar-refractivity contribution in [1.29, 1.82) is 0 Å². The first-order valence-corrected chi connectivity index (χ1v) is 10.7. The van der Waals surface area contributed by atoms with Gasteiger partial charge in [0.2, 0.25) is 10.9 Å². The summed E-state index contributed by atoms with van der Waals surface area (Å²) in [5, 5.41) is 9.89. The number of benzene rings is 2. The van der Waals surface area contributed by atoms with Gasteiger partial charge in [-0.05, 0) is 43.3 Å². The normalized spacial score (nSPS) is 15.3. The average Bonchev–Trinajstić information content (AvgIpc) is 3.34. The van der Waals surface area contributed by atoms with Crippen molar-refractivity contribution in [2.24, 2.45) is 0 Å². The third kappa shape index (κ3) is 3.04. The van der Waals surface area contributed by atoms with E-state index in [-0.39, 0.29) is 27.7 Å². The molecule has 1 aliphatic rings. The summed E-state index contributed by atoms with van der Waals surface area (Å²) < 4.78 is 16.9. The summed E-state index contributed by atoms with van der Waals surface area (Å²) in [6, 6.07) is 9.05. The molecule has 32 heavy (non-hydrogen) atoms. The lowest BCUT2D eigenvalue weighted by atomic mass is 9.97. The molecule has 0 N–H and O–H groups in total. The van der Waals surface area contributed by atoms with E-state index in [1.54, 1.807) is 37.3 Å². The number of fused-ring (bicyclic) bond motifs is 2. The van der Waals surface area contributed by atoms with Gasteiger partial charge >= 0.3 is 0 Å². The highest BCUT2D eigenvalue weighted by atomic mass is 35.5. The molecule has 1 atom stereocenters. The molecule has 0 saturated heterocycles. The van der Waals surface area contributed by atoms with Gasteiger partial charge in [-0.3, -0.25) is 14.5 Å². The second-order valence-electron chi connectivity index (χ2n) is 7.10. The Labute approximate surface area is 191 Å². The molecular formula is C22H16ClN3O5S. The lowest BCUT2D eigenvalue weighted by Crippen LogP contribution is -2.29. The Morgan fingerprint density at radius 1 is 1.09 bits per heavy atom. The van der Waals surface area contributed by atoms with E-state index in [1.807, 2.05) is 0 Å². The molecular weight excluding hydrogens is 454 g/mol. The van der Waals surface area contributed by atoms with Gasteiger partial charge in [0.1, 0.15) is 28.1 Å². The van der Waals surface area contributed by atoms with Gasteiger partial charge in [0.15, 0.2) is 5.43 Å². The Balaban J connectivity index is 1.86. The van der Waals surface area contributed by atoms with Crippen molar-refractivity contribution in [3.63, 3.8) is 0 Å². The second-order valence-corrected chi connectivity index (χ2v) is 8.70. The summed E-state index contributed by atoms with van der Waals surface area (Å²) in [5.74, 6) is 0.490. The minimum absolute atomic E-state index is 0.0486. The monoisotopic (exact) mass is 469 g/mol. The fraction of sp³-hybridized carbons (Fsp3) is 0.182. The van der Waals surface area contributed by atoms with Crippen LogP contribution in [0.4, 0.5) is 5.13 Å². The van der Waals surface area contributed by atoms with Gasteiger partial charge in [0.05, 0.1) is 25.2 Å². The number of amides is 1. The molecule has 0 fully saturated rings. The Kier molecular flexibility index (Phi) is 4.87. The minimum Gasteiger partial charge on any atom is -0.497 e.